The number of hydrogen-bond donors (Lipinski definition) is 0. The minimum Gasteiger partial charge on any atom is -0.368 e. The molecule has 0 aliphatic carbocycles. The van der Waals surface area contributed by atoms with Crippen LogP contribution in [-0.4, -0.2) is 55.5 Å². The monoisotopic (exact) mass is 503 g/mol. The number of benzene rings is 2. The Morgan fingerprint density at radius 1 is 1.06 bits per heavy atom. The minimum atomic E-state index is -3.63. The number of piperazine rings is 1. The van der Waals surface area contributed by atoms with E-state index in [1.165, 1.54) is 9.87 Å². The Morgan fingerprint density at radius 2 is 1.76 bits per heavy atom. The molecular weight excluding hydrogens is 474 g/mol. The lowest BCUT2D eigenvalue weighted by Crippen LogP contribution is -2.49. The maximum absolute atomic E-state index is 13.1. The Kier molecular flexibility index (Phi) is 7.74. The van der Waals surface area contributed by atoms with Gasteiger partial charge in [0.25, 0.3) is 0 Å². The van der Waals surface area contributed by atoms with Gasteiger partial charge in [0.05, 0.1) is 12.7 Å². The van der Waals surface area contributed by atoms with Gasteiger partial charge in [-0.05, 0) is 44.0 Å². The number of halogens is 1. The predicted octanol–water partition coefficient (Wildman–Crippen LogP) is 4.52. The van der Waals surface area contributed by atoms with E-state index in [0.29, 0.717) is 55.8 Å². The van der Waals surface area contributed by atoms with Crippen LogP contribution in [0.3, 0.4) is 0 Å². The summed E-state index contributed by atoms with van der Waals surface area (Å²) in [5.74, 6) is 0.326. The Balaban J connectivity index is 1.43. The summed E-state index contributed by atoms with van der Waals surface area (Å²) in [5.41, 5.74) is 3.75. The number of hydrogen-bond acceptors (Lipinski definition) is 6. The van der Waals surface area contributed by atoms with E-state index >= 15 is 0 Å². The molecule has 0 N–H and O–H groups in total. The Bertz CT molecular complexity index is 1200. The highest BCUT2D eigenvalue weighted by molar-refractivity contribution is 7.89. The van der Waals surface area contributed by atoms with Crippen LogP contribution in [0.25, 0.3) is 0 Å². The van der Waals surface area contributed by atoms with Gasteiger partial charge < -0.3 is 9.26 Å². The first kappa shape index (κ1) is 24.9. The van der Waals surface area contributed by atoms with E-state index < -0.39 is 10.0 Å². The van der Waals surface area contributed by atoms with Gasteiger partial charge in [-0.25, -0.2) is 8.42 Å². The third-order valence-corrected chi connectivity index (χ3v) is 8.49. The normalized spacial score (nSPS) is 16.6. The maximum atomic E-state index is 13.1. The van der Waals surface area contributed by atoms with Gasteiger partial charge in [-0.1, -0.05) is 58.7 Å². The summed E-state index contributed by atoms with van der Waals surface area (Å²) in [7, 11) is -3.63. The molecule has 0 radical (unpaired) electrons. The van der Waals surface area contributed by atoms with Gasteiger partial charge in [-0.2, -0.15) is 4.31 Å². The molecule has 0 amide bonds. The van der Waals surface area contributed by atoms with Crippen LogP contribution in [0.1, 0.15) is 34.2 Å². The molecule has 2 heterocycles. The molecule has 1 unspecified atom stereocenters. The van der Waals surface area contributed by atoms with E-state index in [1.54, 1.807) is 13.8 Å². The van der Waals surface area contributed by atoms with E-state index in [2.05, 4.69) is 35.2 Å². The summed E-state index contributed by atoms with van der Waals surface area (Å²) in [6.07, 6.45) is -0.163. The molecule has 3 aromatic rings. The molecule has 9 heteroatoms. The maximum Gasteiger partial charge on any atom is 0.248 e. The number of rotatable bonds is 8. The molecule has 1 fully saturated rings. The Hall–Kier alpha value is -2.23. The standard InChI is InChI=1S/C25H30ClN3O4S/c1-18-5-4-6-21(15-18)17-32-24(22-7-9-23(26)10-8-22)16-28-11-13-29(14-12-28)34(30,31)25-19(2)27-33-20(25)3/h4-10,15,24H,11-14,16-17H2,1-3H3. The molecule has 182 valence electrons. The molecule has 1 aromatic heterocycles. The van der Waals surface area contributed by atoms with Crippen molar-refractivity contribution in [3.8, 4) is 0 Å². The lowest BCUT2D eigenvalue weighted by molar-refractivity contribution is 0.00771. The van der Waals surface area contributed by atoms with E-state index in [4.69, 9.17) is 20.9 Å². The third-order valence-electron chi connectivity index (χ3n) is 6.10. The summed E-state index contributed by atoms with van der Waals surface area (Å²) in [6.45, 7) is 8.53. The van der Waals surface area contributed by atoms with Crippen molar-refractivity contribution in [1.29, 1.82) is 0 Å². The van der Waals surface area contributed by atoms with Crippen LogP contribution in [0, 0.1) is 20.8 Å². The van der Waals surface area contributed by atoms with E-state index in [-0.39, 0.29) is 11.0 Å². The van der Waals surface area contributed by atoms with Crippen molar-refractivity contribution in [2.75, 3.05) is 32.7 Å². The van der Waals surface area contributed by atoms with Crippen LogP contribution in [0.15, 0.2) is 57.9 Å². The number of nitrogens with zero attached hydrogens (tertiary/aromatic N) is 3. The molecule has 1 saturated heterocycles. The van der Waals surface area contributed by atoms with Crippen LogP contribution >= 0.6 is 11.6 Å². The Labute approximate surface area is 206 Å². The topological polar surface area (TPSA) is 75.9 Å². The summed E-state index contributed by atoms with van der Waals surface area (Å²) >= 11 is 6.10. The van der Waals surface area contributed by atoms with Gasteiger partial charge in [0.2, 0.25) is 10.0 Å². The van der Waals surface area contributed by atoms with Crippen molar-refractivity contribution in [3.63, 3.8) is 0 Å². The highest BCUT2D eigenvalue weighted by atomic mass is 35.5. The average molecular weight is 504 g/mol. The van der Waals surface area contributed by atoms with E-state index in [0.717, 1.165) is 11.1 Å². The van der Waals surface area contributed by atoms with Crippen LogP contribution in [0.2, 0.25) is 5.02 Å². The highest BCUT2D eigenvalue weighted by Gasteiger charge is 2.33. The molecule has 2 aromatic carbocycles. The predicted molar refractivity (Wildman–Crippen MR) is 131 cm³/mol. The first-order valence-corrected chi connectivity index (χ1v) is 13.1. The summed E-state index contributed by atoms with van der Waals surface area (Å²) < 4.78 is 39.2. The van der Waals surface area contributed by atoms with Crippen LogP contribution in [-0.2, 0) is 21.4 Å². The van der Waals surface area contributed by atoms with Gasteiger partial charge in [0, 0.05) is 37.7 Å². The summed E-state index contributed by atoms with van der Waals surface area (Å²) in [4.78, 5) is 2.43. The van der Waals surface area contributed by atoms with E-state index in [1.807, 2.05) is 30.3 Å². The van der Waals surface area contributed by atoms with Crippen molar-refractivity contribution in [2.24, 2.45) is 0 Å². The zero-order valence-corrected chi connectivity index (χ0v) is 21.3. The molecule has 34 heavy (non-hydrogen) atoms. The number of ether oxygens (including phenoxy) is 1. The third kappa shape index (κ3) is 5.70. The fourth-order valence-corrected chi connectivity index (χ4v) is 6.13. The first-order chi connectivity index (χ1) is 16.2. The zero-order valence-electron chi connectivity index (χ0n) is 19.7. The fourth-order valence-electron chi connectivity index (χ4n) is 4.29. The van der Waals surface area contributed by atoms with Crippen LogP contribution in [0.5, 0.6) is 0 Å². The van der Waals surface area contributed by atoms with Gasteiger partial charge in [-0.15, -0.1) is 0 Å². The van der Waals surface area contributed by atoms with Gasteiger partial charge in [-0.3, -0.25) is 4.90 Å². The van der Waals surface area contributed by atoms with E-state index in [9.17, 15) is 8.42 Å². The largest absolute Gasteiger partial charge is 0.368 e. The molecule has 0 bridgehead atoms. The quantitative estimate of drug-likeness (QED) is 0.450. The van der Waals surface area contributed by atoms with Gasteiger partial charge in [0.1, 0.15) is 10.6 Å². The van der Waals surface area contributed by atoms with Crippen molar-refractivity contribution in [1.82, 2.24) is 14.4 Å². The SMILES string of the molecule is Cc1cccc(COC(CN2CCN(S(=O)(=O)c3c(C)noc3C)CC2)c2ccc(Cl)cc2)c1. The van der Waals surface area contributed by atoms with Crippen molar-refractivity contribution < 1.29 is 17.7 Å². The lowest BCUT2D eigenvalue weighted by atomic mass is 10.1. The zero-order chi connectivity index (χ0) is 24.3. The molecule has 1 aliphatic heterocycles. The molecule has 7 nitrogen and oxygen atoms in total. The number of aryl methyl sites for hydroxylation is 3. The molecule has 0 spiro atoms. The fraction of sp³-hybridized carbons (Fsp3) is 0.400. The minimum absolute atomic E-state index is 0.163. The van der Waals surface area contributed by atoms with Gasteiger partial charge in [0.15, 0.2) is 5.76 Å². The molecule has 1 aliphatic rings. The second-order valence-electron chi connectivity index (χ2n) is 8.70. The van der Waals surface area contributed by atoms with Gasteiger partial charge >= 0.3 is 0 Å². The van der Waals surface area contributed by atoms with Crippen molar-refractivity contribution in [2.45, 2.75) is 38.4 Å². The average Bonchev–Trinajstić information content (AvgIpc) is 3.16. The molecular formula is C25H30ClN3O4S. The summed E-state index contributed by atoms with van der Waals surface area (Å²) in [6, 6.07) is 16.0. The molecule has 4 rings (SSSR count). The lowest BCUT2D eigenvalue weighted by Gasteiger charge is -2.35. The van der Waals surface area contributed by atoms with Crippen LogP contribution < -0.4 is 0 Å². The smallest absolute Gasteiger partial charge is 0.248 e. The Morgan fingerprint density at radius 3 is 2.38 bits per heavy atom. The number of aromatic nitrogens is 1. The molecule has 1 atom stereocenters. The van der Waals surface area contributed by atoms with Crippen molar-refractivity contribution >= 4 is 21.6 Å². The molecule has 0 saturated carbocycles. The summed E-state index contributed by atoms with van der Waals surface area (Å²) in [5, 5.41) is 4.48. The van der Waals surface area contributed by atoms with Crippen LogP contribution in [0.4, 0.5) is 0 Å². The first-order valence-electron chi connectivity index (χ1n) is 11.3. The second-order valence-corrected chi connectivity index (χ2v) is 11.0. The van der Waals surface area contributed by atoms with Crippen molar-refractivity contribution in [3.05, 3.63) is 81.7 Å². The second kappa shape index (κ2) is 10.6. The highest BCUT2D eigenvalue weighted by Crippen LogP contribution is 2.26. The number of sulfonamides is 1.